The number of pyridine rings is 1. The Hall–Kier alpha value is -3.19. The SMILES string of the molecule is CN(CCN1CCS(O)(O)CC1)CC(CC(=O)Nc1ccc(Cl)cc1)NC(=O)c1ccc(-n2ccccc2=O)cc1. The predicted molar refractivity (Wildman–Crippen MR) is 165 cm³/mol. The molecule has 2 aromatic carbocycles. The van der Waals surface area contributed by atoms with E-state index < -0.39 is 16.6 Å². The summed E-state index contributed by atoms with van der Waals surface area (Å²) in [6, 6.07) is 17.9. The van der Waals surface area contributed by atoms with Gasteiger partial charge in [0.15, 0.2) is 0 Å². The van der Waals surface area contributed by atoms with E-state index in [0.717, 1.165) is 6.54 Å². The number of anilines is 1. The quantitative estimate of drug-likeness (QED) is 0.264. The van der Waals surface area contributed by atoms with Crippen LogP contribution in [0.5, 0.6) is 0 Å². The molecular formula is C29H36ClN5O5S. The molecule has 1 saturated heterocycles. The fourth-order valence-corrected chi connectivity index (χ4v) is 6.01. The molecule has 1 aromatic heterocycles. The Bertz CT molecular complexity index is 1370. The highest BCUT2D eigenvalue weighted by Crippen LogP contribution is 2.40. The lowest BCUT2D eigenvalue weighted by Gasteiger charge is -2.41. The molecule has 3 aromatic rings. The monoisotopic (exact) mass is 601 g/mol. The largest absolute Gasteiger partial charge is 0.347 e. The van der Waals surface area contributed by atoms with Crippen LogP contribution in [0.1, 0.15) is 16.8 Å². The van der Waals surface area contributed by atoms with Gasteiger partial charge in [0.1, 0.15) is 0 Å². The van der Waals surface area contributed by atoms with Crippen molar-refractivity contribution in [2.24, 2.45) is 0 Å². The van der Waals surface area contributed by atoms with E-state index in [9.17, 15) is 23.5 Å². The number of rotatable bonds is 11. The zero-order valence-electron chi connectivity index (χ0n) is 22.9. The normalized spacial score (nSPS) is 16.6. The molecule has 0 bridgehead atoms. The summed E-state index contributed by atoms with van der Waals surface area (Å²) in [5.74, 6) is 0.206. The molecule has 4 N–H and O–H groups in total. The van der Waals surface area contributed by atoms with E-state index in [-0.39, 0.29) is 23.8 Å². The minimum atomic E-state index is -2.45. The van der Waals surface area contributed by atoms with Crippen LogP contribution >= 0.6 is 22.2 Å². The lowest BCUT2D eigenvalue weighted by atomic mass is 10.1. The van der Waals surface area contributed by atoms with Gasteiger partial charge in [0.05, 0.1) is 17.5 Å². The van der Waals surface area contributed by atoms with Gasteiger partial charge >= 0.3 is 0 Å². The summed E-state index contributed by atoms with van der Waals surface area (Å²) in [4.78, 5) is 42.5. The van der Waals surface area contributed by atoms with Crippen LogP contribution < -0.4 is 16.2 Å². The highest BCUT2D eigenvalue weighted by molar-refractivity contribution is 8.24. The highest BCUT2D eigenvalue weighted by Gasteiger charge is 2.23. The molecule has 4 rings (SSSR count). The van der Waals surface area contributed by atoms with Crippen molar-refractivity contribution in [1.29, 1.82) is 0 Å². The van der Waals surface area contributed by atoms with Crippen molar-refractivity contribution in [1.82, 2.24) is 19.7 Å². The smallest absolute Gasteiger partial charge is 0.255 e. The van der Waals surface area contributed by atoms with E-state index >= 15 is 0 Å². The van der Waals surface area contributed by atoms with Crippen LogP contribution in [0.25, 0.3) is 5.69 Å². The summed E-state index contributed by atoms with van der Waals surface area (Å²) >= 11 is 5.95. The van der Waals surface area contributed by atoms with E-state index in [1.54, 1.807) is 66.9 Å². The Morgan fingerprint density at radius 2 is 1.71 bits per heavy atom. The molecule has 220 valence electrons. The summed E-state index contributed by atoms with van der Waals surface area (Å²) in [5.41, 5.74) is 1.50. The van der Waals surface area contributed by atoms with E-state index in [1.165, 1.54) is 10.6 Å². The van der Waals surface area contributed by atoms with Gasteiger partial charge in [0, 0.05) is 73.4 Å². The Balaban J connectivity index is 1.39. The van der Waals surface area contributed by atoms with Crippen LogP contribution in [0.3, 0.4) is 0 Å². The van der Waals surface area contributed by atoms with E-state index in [1.807, 2.05) is 7.05 Å². The van der Waals surface area contributed by atoms with Crippen LogP contribution in [0.15, 0.2) is 77.7 Å². The molecule has 12 heteroatoms. The average molecular weight is 602 g/mol. The molecule has 2 heterocycles. The van der Waals surface area contributed by atoms with Crippen molar-refractivity contribution < 1.29 is 18.7 Å². The Morgan fingerprint density at radius 3 is 2.37 bits per heavy atom. The molecule has 1 unspecified atom stereocenters. The molecule has 1 atom stereocenters. The Morgan fingerprint density at radius 1 is 1.02 bits per heavy atom. The third-order valence-electron chi connectivity index (χ3n) is 6.92. The maximum atomic E-state index is 13.2. The van der Waals surface area contributed by atoms with Gasteiger partial charge in [-0.05, 0) is 61.6 Å². The number of nitrogens with zero attached hydrogens (tertiary/aromatic N) is 3. The van der Waals surface area contributed by atoms with Crippen LogP contribution in [0, 0.1) is 0 Å². The highest BCUT2D eigenvalue weighted by atomic mass is 35.5. The second kappa shape index (κ2) is 14.1. The number of carbonyl (C=O) groups excluding carboxylic acids is 2. The first kappa shape index (κ1) is 30.8. The van der Waals surface area contributed by atoms with Crippen molar-refractivity contribution in [3.8, 4) is 5.69 Å². The third kappa shape index (κ3) is 9.42. The Labute approximate surface area is 246 Å². The number of halogens is 1. The minimum Gasteiger partial charge on any atom is -0.347 e. The van der Waals surface area contributed by atoms with E-state index in [2.05, 4.69) is 20.4 Å². The summed E-state index contributed by atoms with van der Waals surface area (Å²) in [6.07, 6.45) is 1.72. The molecule has 2 amide bonds. The zero-order chi connectivity index (χ0) is 29.4. The number of aromatic nitrogens is 1. The van der Waals surface area contributed by atoms with Crippen molar-refractivity contribution >= 4 is 39.7 Å². The topological polar surface area (TPSA) is 127 Å². The zero-order valence-corrected chi connectivity index (χ0v) is 24.5. The van der Waals surface area contributed by atoms with Crippen LogP contribution in [-0.4, -0.2) is 92.6 Å². The van der Waals surface area contributed by atoms with Crippen molar-refractivity contribution in [2.75, 3.05) is 56.6 Å². The molecule has 0 radical (unpaired) electrons. The van der Waals surface area contributed by atoms with Gasteiger partial charge in [-0.15, -0.1) is 0 Å². The second-order valence-corrected chi connectivity index (χ2v) is 13.1. The minimum absolute atomic E-state index is 0.0564. The number of benzene rings is 2. The van der Waals surface area contributed by atoms with E-state index in [0.29, 0.717) is 59.6 Å². The lowest BCUT2D eigenvalue weighted by Crippen LogP contribution is -2.47. The standard InChI is InChI=1S/C29H36ClN5O5S/c1-33(14-15-34-16-18-41(39,40)19-17-34)21-25(20-27(36)31-24-9-7-23(30)8-10-24)32-29(38)22-5-11-26(12-6-22)35-13-3-2-4-28(35)37/h2-13,25,39-40H,14-21H2,1H3,(H,31,36)(H,32,38). The molecule has 0 saturated carbocycles. The molecular weight excluding hydrogens is 566 g/mol. The number of likely N-dealkylation sites (N-methyl/N-ethyl adjacent to an activating group) is 1. The maximum Gasteiger partial charge on any atom is 0.255 e. The van der Waals surface area contributed by atoms with Gasteiger partial charge in [-0.25, -0.2) is 0 Å². The molecule has 1 aliphatic heterocycles. The second-order valence-electron chi connectivity index (χ2n) is 10.2. The first-order valence-corrected chi connectivity index (χ1v) is 15.6. The average Bonchev–Trinajstić information content (AvgIpc) is 2.94. The molecule has 0 aliphatic carbocycles. The molecule has 41 heavy (non-hydrogen) atoms. The Kier molecular flexibility index (Phi) is 10.6. The maximum absolute atomic E-state index is 13.2. The van der Waals surface area contributed by atoms with Crippen molar-refractivity contribution in [3.05, 3.63) is 93.9 Å². The van der Waals surface area contributed by atoms with Crippen LogP contribution in [0.4, 0.5) is 5.69 Å². The van der Waals surface area contributed by atoms with Crippen molar-refractivity contribution in [2.45, 2.75) is 12.5 Å². The molecule has 1 fully saturated rings. The first-order chi connectivity index (χ1) is 19.6. The van der Waals surface area contributed by atoms with Gasteiger partial charge in [-0.3, -0.25) is 33.0 Å². The van der Waals surface area contributed by atoms with Gasteiger partial charge in [0.25, 0.3) is 11.5 Å². The lowest BCUT2D eigenvalue weighted by molar-refractivity contribution is -0.116. The number of nitrogens with one attached hydrogen (secondary N) is 2. The predicted octanol–water partition coefficient (Wildman–Crippen LogP) is 3.62. The molecule has 1 aliphatic rings. The fraction of sp³-hybridized carbons (Fsp3) is 0.345. The third-order valence-corrected chi connectivity index (χ3v) is 8.85. The van der Waals surface area contributed by atoms with Gasteiger partial charge in [-0.2, -0.15) is 10.6 Å². The van der Waals surface area contributed by atoms with Crippen LogP contribution in [-0.2, 0) is 4.79 Å². The summed E-state index contributed by atoms with van der Waals surface area (Å²) in [5, 5.41) is 6.42. The van der Waals surface area contributed by atoms with Crippen molar-refractivity contribution in [3.63, 3.8) is 0 Å². The first-order valence-electron chi connectivity index (χ1n) is 13.4. The number of carbonyl (C=O) groups is 2. The van der Waals surface area contributed by atoms with Gasteiger partial charge in [0.2, 0.25) is 5.91 Å². The summed E-state index contributed by atoms with van der Waals surface area (Å²) in [6.45, 7) is 3.12. The number of hydrogen-bond acceptors (Lipinski definition) is 7. The van der Waals surface area contributed by atoms with E-state index in [4.69, 9.17) is 11.6 Å². The van der Waals surface area contributed by atoms with Gasteiger partial charge < -0.3 is 15.5 Å². The molecule has 10 nitrogen and oxygen atoms in total. The van der Waals surface area contributed by atoms with Gasteiger partial charge in [-0.1, -0.05) is 17.7 Å². The fourth-order valence-electron chi connectivity index (χ4n) is 4.58. The molecule has 0 spiro atoms. The number of hydrogen-bond donors (Lipinski definition) is 4. The summed E-state index contributed by atoms with van der Waals surface area (Å²) in [7, 11) is -0.516. The number of amides is 2. The van der Waals surface area contributed by atoms with Crippen LogP contribution in [0.2, 0.25) is 5.02 Å². The summed E-state index contributed by atoms with van der Waals surface area (Å²) < 4.78 is 21.2.